The van der Waals surface area contributed by atoms with Crippen LogP contribution in [0.25, 0.3) is 0 Å². The maximum atomic E-state index is 13.0. The van der Waals surface area contributed by atoms with Crippen LogP contribution in [0.1, 0.15) is 10.4 Å². The van der Waals surface area contributed by atoms with Crippen molar-refractivity contribution in [1.82, 2.24) is 0 Å². The lowest BCUT2D eigenvalue weighted by Gasteiger charge is -2.28. The second-order valence-corrected chi connectivity index (χ2v) is 6.46. The Morgan fingerprint density at radius 1 is 1.20 bits per heavy atom. The molecule has 0 bridgehead atoms. The molecule has 0 heterocycles. The minimum atomic E-state index is -5.19. The SMILES string of the molecule is O=C(F)c1ccc(Cl)cc1N(SC(F)(Cl)Cl)C(F)(F)F. The first kappa shape index (κ1) is 17.6. The van der Waals surface area contributed by atoms with Gasteiger partial charge in [0.05, 0.1) is 11.3 Å². The lowest BCUT2D eigenvalue weighted by Crippen LogP contribution is -2.35. The molecule has 0 aliphatic rings. The minimum Gasteiger partial charge on any atom is -0.255 e. The molecule has 0 aliphatic carbocycles. The van der Waals surface area contributed by atoms with E-state index in [1.165, 1.54) is 0 Å². The highest BCUT2D eigenvalue weighted by atomic mass is 35.5. The quantitative estimate of drug-likeness (QED) is 0.229. The number of benzene rings is 1. The zero-order chi connectivity index (χ0) is 15.7. The highest BCUT2D eigenvalue weighted by Gasteiger charge is 2.45. The Labute approximate surface area is 128 Å². The van der Waals surface area contributed by atoms with Crippen molar-refractivity contribution in [2.24, 2.45) is 0 Å². The molecule has 1 rings (SSSR count). The number of carbonyl (C=O) groups excluding carboxylic acids is 1. The van der Waals surface area contributed by atoms with Crippen LogP contribution in [-0.4, -0.2) is 16.3 Å². The Kier molecular flexibility index (Phi) is 5.40. The van der Waals surface area contributed by atoms with E-state index in [0.29, 0.717) is 6.07 Å². The highest BCUT2D eigenvalue weighted by molar-refractivity contribution is 8.04. The van der Waals surface area contributed by atoms with Gasteiger partial charge in [-0.3, -0.25) is 4.79 Å². The molecule has 1 aromatic carbocycles. The van der Waals surface area contributed by atoms with E-state index < -0.39 is 43.8 Å². The maximum absolute atomic E-state index is 13.0. The predicted octanol–water partition coefficient (Wildman–Crippen LogP) is 5.48. The average molecular weight is 375 g/mol. The van der Waals surface area contributed by atoms with Crippen LogP contribution >= 0.6 is 46.8 Å². The Morgan fingerprint density at radius 3 is 2.15 bits per heavy atom. The van der Waals surface area contributed by atoms with Crippen molar-refractivity contribution in [3.63, 3.8) is 0 Å². The summed E-state index contributed by atoms with van der Waals surface area (Å²) in [4.78, 5) is 10.7. The molecule has 1 aromatic rings. The summed E-state index contributed by atoms with van der Waals surface area (Å²) in [6.45, 7) is 0. The number of nitrogens with zero attached hydrogens (tertiary/aromatic N) is 1. The van der Waals surface area contributed by atoms with Crippen LogP contribution < -0.4 is 4.31 Å². The van der Waals surface area contributed by atoms with Crippen LogP contribution in [0.15, 0.2) is 18.2 Å². The zero-order valence-electron chi connectivity index (χ0n) is 9.02. The van der Waals surface area contributed by atoms with Crippen molar-refractivity contribution in [3.05, 3.63) is 28.8 Å². The van der Waals surface area contributed by atoms with Gasteiger partial charge in [-0.25, -0.2) is 4.31 Å². The summed E-state index contributed by atoms with van der Waals surface area (Å²) >= 11 is 14.5. The fourth-order valence-electron chi connectivity index (χ4n) is 1.18. The molecule has 11 heteroatoms. The Balaban J connectivity index is 3.41. The molecule has 0 spiro atoms. The van der Waals surface area contributed by atoms with Gasteiger partial charge in [0.25, 0.3) is 0 Å². The number of hydrogen-bond acceptors (Lipinski definition) is 3. The fraction of sp³-hybridized carbons (Fsp3) is 0.222. The van der Waals surface area contributed by atoms with E-state index in [-0.39, 0.29) is 5.02 Å². The van der Waals surface area contributed by atoms with E-state index in [0.717, 1.165) is 12.1 Å². The third-order valence-corrected chi connectivity index (χ3v) is 3.26. The normalized spacial score (nSPS) is 12.4. The Bertz CT molecular complexity index is 519. The fourth-order valence-corrected chi connectivity index (χ4v) is 2.32. The van der Waals surface area contributed by atoms with Gasteiger partial charge in [0.1, 0.15) is 0 Å². The monoisotopic (exact) mass is 373 g/mol. The first-order valence-corrected chi connectivity index (χ1v) is 6.45. The minimum absolute atomic E-state index is 0.228. The van der Waals surface area contributed by atoms with Crippen molar-refractivity contribution < 1.29 is 26.7 Å². The summed E-state index contributed by atoms with van der Waals surface area (Å²) in [5.41, 5.74) is -1.98. The largest absolute Gasteiger partial charge is 0.495 e. The predicted molar refractivity (Wildman–Crippen MR) is 68.6 cm³/mol. The van der Waals surface area contributed by atoms with Crippen LogP contribution in [0.2, 0.25) is 5.02 Å². The Hall–Kier alpha value is -0.440. The van der Waals surface area contributed by atoms with Gasteiger partial charge >= 0.3 is 16.3 Å². The van der Waals surface area contributed by atoms with Crippen LogP contribution in [0.5, 0.6) is 0 Å². The summed E-state index contributed by atoms with van der Waals surface area (Å²) in [6.07, 6.45) is -5.19. The van der Waals surface area contributed by atoms with E-state index in [9.17, 15) is 26.7 Å². The molecule has 0 radical (unpaired) electrons. The van der Waals surface area contributed by atoms with Crippen molar-refractivity contribution in [1.29, 1.82) is 0 Å². The van der Waals surface area contributed by atoms with E-state index in [1.54, 1.807) is 0 Å². The van der Waals surface area contributed by atoms with Crippen LogP contribution in [-0.2, 0) is 0 Å². The lowest BCUT2D eigenvalue weighted by molar-refractivity contribution is -0.114. The molecule has 0 aromatic heterocycles. The van der Waals surface area contributed by atoms with E-state index in [4.69, 9.17) is 34.8 Å². The third-order valence-electron chi connectivity index (χ3n) is 1.82. The molecule has 2 nitrogen and oxygen atoms in total. The second-order valence-electron chi connectivity index (χ2n) is 3.23. The molecule has 0 saturated carbocycles. The van der Waals surface area contributed by atoms with Crippen molar-refractivity contribution >= 4 is 58.5 Å². The van der Waals surface area contributed by atoms with Crippen molar-refractivity contribution in [3.8, 4) is 0 Å². The van der Waals surface area contributed by atoms with Gasteiger partial charge in [-0.15, -0.1) is 13.2 Å². The summed E-state index contributed by atoms with van der Waals surface area (Å²) in [5.74, 6) is 0. The van der Waals surface area contributed by atoms with Gasteiger partial charge < -0.3 is 0 Å². The van der Waals surface area contributed by atoms with Gasteiger partial charge in [0.15, 0.2) is 0 Å². The van der Waals surface area contributed by atoms with Crippen molar-refractivity contribution in [2.75, 3.05) is 4.31 Å². The van der Waals surface area contributed by atoms with Crippen LogP contribution in [0.4, 0.5) is 27.6 Å². The smallest absolute Gasteiger partial charge is 0.255 e. The molecule has 0 unspecified atom stereocenters. The Morgan fingerprint density at radius 2 is 1.75 bits per heavy atom. The molecule has 0 saturated heterocycles. The molecule has 112 valence electrons. The molecular weight excluding hydrogens is 372 g/mol. The number of anilines is 1. The molecule has 0 atom stereocenters. The molecule has 0 aliphatic heterocycles. The highest BCUT2D eigenvalue weighted by Crippen LogP contribution is 2.47. The molecule has 20 heavy (non-hydrogen) atoms. The summed E-state index contributed by atoms with van der Waals surface area (Å²) in [6, 6.07) is 0.206. The third kappa shape index (κ3) is 4.83. The van der Waals surface area contributed by atoms with Gasteiger partial charge in [-0.1, -0.05) is 34.8 Å². The number of hydrogen-bond donors (Lipinski definition) is 0. The first-order chi connectivity index (χ1) is 8.92. The summed E-state index contributed by atoms with van der Waals surface area (Å²) in [5, 5.41) is -0.228. The second kappa shape index (κ2) is 6.13. The van der Waals surface area contributed by atoms with Gasteiger partial charge in [-0.05, 0) is 18.2 Å². The molecule has 0 N–H and O–H groups in total. The van der Waals surface area contributed by atoms with E-state index in [1.807, 2.05) is 0 Å². The summed E-state index contributed by atoms with van der Waals surface area (Å²) < 4.78 is 60.3. The number of halogens is 8. The van der Waals surface area contributed by atoms with Crippen LogP contribution in [0.3, 0.4) is 0 Å². The number of alkyl halides is 6. The number of rotatable bonds is 4. The maximum Gasteiger partial charge on any atom is 0.495 e. The molecular formula is C9H3Cl3F5NOS. The van der Waals surface area contributed by atoms with Crippen LogP contribution in [0, 0.1) is 0 Å². The first-order valence-electron chi connectivity index (χ1n) is 4.54. The van der Waals surface area contributed by atoms with Gasteiger partial charge in [0, 0.05) is 17.0 Å². The molecule has 0 fully saturated rings. The van der Waals surface area contributed by atoms with E-state index >= 15 is 0 Å². The average Bonchev–Trinajstić information content (AvgIpc) is 2.22. The van der Waals surface area contributed by atoms with Gasteiger partial charge in [-0.2, -0.15) is 8.78 Å². The lowest BCUT2D eigenvalue weighted by atomic mass is 10.2. The standard InChI is InChI=1S/C9H3Cl3F5NOS/c10-4-1-2-5(7(13)19)6(3-4)18(9(15,16)17)20-8(11,12)14/h1-3H. The summed E-state index contributed by atoms with van der Waals surface area (Å²) in [7, 11) is 0. The van der Waals surface area contributed by atoms with Gasteiger partial charge in [0.2, 0.25) is 0 Å². The zero-order valence-corrected chi connectivity index (χ0v) is 12.1. The van der Waals surface area contributed by atoms with Crippen molar-refractivity contribution in [2.45, 2.75) is 10.2 Å². The molecule has 0 amide bonds. The topological polar surface area (TPSA) is 20.3 Å². The number of carbonyl (C=O) groups is 1. The van der Waals surface area contributed by atoms with E-state index in [2.05, 4.69) is 0 Å².